The average Bonchev–Trinajstić information content (AvgIpc) is 3.02. The van der Waals surface area contributed by atoms with Crippen LogP contribution in [0.5, 0.6) is 5.75 Å². The normalized spacial score (nSPS) is 14.7. The molecular weight excluding hydrogens is 590 g/mol. The van der Waals surface area contributed by atoms with Gasteiger partial charge in [0.1, 0.15) is 5.75 Å². The van der Waals surface area contributed by atoms with Gasteiger partial charge in [0.2, 0.25) is 11.5 Å². The minimum Gasteiger partial charge on any atom is -0.494 e. The zero-order chi connectivity index (χ0) is 31.6. The molecule has 1 aliphatic heterocycles. The van der Waals surface area contributed by atoms with Gasteiger partial charge in [-0.1, -0.05) is 29.8 Å². The van der Waals surface area contributed by atoms with Crippen molar-refractivity contribution in [2.24, 2.45) is 0 Å². The van der Waals surface area contributed by atoms with Crippen molar-refractivity contribution in [3.8, 4) is 5.75 Å². The highest BCUT2D eigenvalue weighted by molar-refractivity contribution is 6.31. The van der Waals surface area contributed by atoms with Crippen molar-refractivity contribution in [3.05, 3.63) is 98.1 Å². The highest BCUT2D eigenvalue weighted by Crippen LogP contribution is 2.41. The minimum atomic E-state index is -0.844. The fraction of sp³-hybridized carbons (Fsp3) is 0.312. The van der Waals surface area contributed by atoms with E-state index in [9.17, 15) is 19.2 Å². The van der Waals surface area contributed by atoms with Gasteiger partial charge in [-0.3, -0.25) is 9.59 Å². The van der Waals surface area contributed by atoms with E-state index >= 15 is 0 Å². The molecule has 0 spiro atoms. The van der Waals surface area contributed by atoms with Gasteiger partial charge in [-0.05, 0) is 49.2 Å². The van der Waals surface area contributed by atoms with E-state index in [4.69, 9.17) is 30.5 Å². The number of amides is 1. The number of benzene rings is 2. The van der Waals surface area contributed by atoms with E-state index in [-0.39, 0.29) is 48.8 Å². The van der Waals surface area contributed by atoms with Crippen molar-refractivity contribution in [2.45, 2.75) is 25.7 Å². The molecule has 1 aliphatic rings. The number of pyridine rings is 1. The van der Waals surface area contributed by atoms with Crippen molar-refractivity contribution in [1.29, 1.82) is 0 Å². The summed E-state index contributed by atoms with van der Waals surface area (Å²) in [6, 6.07) is 15.5. The van der Waals surface area contributed by atoms with E-state index in [1.54, 1.807) is 49.4 Å². The van der Waals surface area contributed by atoms with Gasteiger partial charge in [-0.15, -0.1) is 0 Å². The van der Waals surface area contributed by atoms with Crippen LogP contribution in [0.15, 0.2) is 81.9 Å². The van der Waals surface area contributed by atoms with Gasteiger partial charge < -0.3 is 34.6 Å². The molecule has 4 rings (SSSR count). The molecule has 0 saturated heterocycles. The Bertz CT molecular complexity index is 1660. The molecule has 1 aromatic heterocycles. The number of methoxy groups -OCH3 is 2. The van der Waals surface area contributed by atoms with Crippen molar-refractivity contribution in [1.82, 2.24) is 15.6 Å². The molecule has 232 valence electrons. The highest BCUT2D eigenvalue weighted by Gasteiger charge is 2.39. The number of esters is 2. The van der Waals surface area contributed by atoms with Crippen LogP contribution in [0.2, 0.25) is 5.02 Å². The lowest BCUT2D eigenvalue weighted by Crippen LogP contribution is -2.35. The summed E-state index contributed by atoms with van der Waals surface area (Å²) in [5.41, 5.74) is 2.41. The number of nitrogens with one attached hydrogen (secondary N) is 3. The number of dihydropyridines is 1. The summed E-state index contributed by atoms with van der Waals surface area (Å²) in [5.74, 6) is -1.60. The quantitative estimate of drug-likeness (QED) is 0.191. The third-order valence-corrected chi connectivity index (χ3v) is 7.34. The Labute approximate surface area is 259 Å². The summed E-state index contributed by atoms with van der Waals surface area (Å²) in [6.07, 6.45) is 0.771. The monoisotopic (exact) mass is 623 g/mol. The second-order valence-corrected chi connectivity index (χ2v) is 10.3. The van der Waals surface area contributed by atoms with E-state index in [1.165, 1.54) is 20.3 Å². The maximum Gasteiger partial charge on any atom is 0.336 e. The zero-order valence-corrected chi connectivity index (χ0v) is 25.4. The van der Waals surface area contributed by atoms with Gasteiger partial charge in [-0.2, -0.15) is 0 Å². The molecule has 3 N–H and O–H groups in total. The van der Waals surface area contributed by atoms with Crippen LogP contribution < -0.4 is 20.9 Å². The molecule has 2 aromatic carbocycles. The van der Waals surface area contributed by atoms with E-state index in [2.05, 4.69) is 15.6 Å². The fourth-order valence-corrected chi connectivity index (χ4v) is 5.18. The van der Waals surface area contributed by atoms with Crippen molar-refractivity contribution < 1.29 is 33.3 Å². The second kappa shape index (κ2) is 15.2. The molecule has 2 heterocycles. The number of fused-ring (bicyclic) bond motifs is 1. The lowest BCUT2D eigenvalue weighted by Gasteiger charge is -2.31. The molecule has 0 bridgehead atoms. The van der Waals surface area contributed by atoms with Crippen LogP contribution in [-0.2, 0) is 28.6 Å². The van der Waals surface area contributed by atoms with Crippen LogP contribution in [0.1, 0.15) is 31.2 Å². The summed E-state index contributed by atoms with van der Waals surface area (Å²) in [4.78, 5) is 52.3. The number of aromatic nitrogens is 1. The fourth-order valence-electron chi connectivity index (χ4n) is 4.93. The molecule has 0 aliphatic carbocycles. The number of hydrogen-bond donors (Lipinski definition) is 3. The van der Waals surface area contributed by atoms with Gasteiger partial charge in [-0.25, -0.2) is 9.59 Å². The van der Waals surface area contributed by atoms with Crippen molar-refractivity contribution in [3.63, 3.8) is 0 Å². The largest absolute Gasteiger partial charge is 0.494 e. The Morgan fingerprint density at radius 3 is 2.45 bits per heavy atom. The Hall–Kier alpha value is -4.61. The van der Waals surface area contributed by atoms with Gasteiger partial charge in [0.15, 0.2) is 0 Å². The SMILES string of the molecule is COC(=O)C1=C(C)NC(COCCNC(=O)CCCOc2ccc3[nH]c(=O)ccc3c2)=C(C(=O)OC)C1c1ccccc1Cl. The topological polar surface area (TPSA) is 145 Å². The number of halogens is 1. The smallest absolute Gasteiger partial charge is 0.336 e. The van der Waals surface area contributed by atoms with Gasteiger partial charge in [0.25, 0.3) is 0 Å². The third kappa shape index (κ3) is 7.86. The Kier molecular flexibility index (Phi) is 11.2. The zero-order valence-electron chi connectivity index (χ0n) is 24.7. The molecule has 1 atom stereocenters. The predicted octanol–water partition coefficient (Wildman–Crippen LogP) is 3.73. The van der Waals surface area contributed by atoms with Gasteiger partial charge in [0.05, 0.1) is 56.8 Å². The number of H-pyrrole nitrogens is 1. The molecular formula is C32H34ClN3O8. The number of aromatic amines is 1. The Morgan fingerprint density at radius 2 is 1.70 bits per heavy atom. The summed E-state index contributed by atoms with van der Waals surface area (Å²) in [5, 5.41) is 7.13. The summed E-state index contributed by atoms with van der Waals surface area (Å²) in [7, 11) is 2.52. The van der Waals surface area contributed by atoms with Crippen LogP contribution in [0.25, 0.3) is 10.9 Å². The Morgan fingerprint density at radius 1 is 0.955 bits per heavy atom. The molecule has 0 fully saturated rings. The number of ether oxygens (including phenoxy) is 4. The number of rotatable bonds is 13. The number of carbonyl (C=O) groups is 3. The molecule has 1 amide bonds. The number of carbonyl (C=O) groups excluding carboxylic acids is 3. The lowest BCUT2D eigenvalue weighted by molar-refractivity contribution is -0.137. The van der Waals surface area contributed by atoms with E-state index in [1.807, 2.05) is 6.07 Å². The Balaban J connectivity index is 1.30. The van der Waals surface area contributed by atoms with Crippen LogP contribution in [0.3, 0.4) is 0 Å². The number of hydrogen-bond acceptors (Lipinski definition) is 9. The molecule has 1 unspecified atom stereocenters. The van der Waals surface area contributed by atoms with Crippen LogP contribution in [0.4, 0.5) is 0 Å². The first kappa shape index (κ1) is 32.3. The first-order valence-electron chi connectivity index (χ1n) is 14.0. The minimum absolute atomic E-state index is 0.0134. The average molecular weight is 624 g/mol. The maximum absolute atomic E-state index is 13.0. The third-order valence-electron chi connectivity index (χ3n) is 7.00. The van der Waals surface area contributed by atoms with Crippen LogP contribution >= 0.6 is 11.6 Å². The maximum atomic E-state index is 13.0. The van der Waals surface area contributed by atoms with E-state index in [0.29, 0.717) is 40.8 Å². The molecule has 0 radical (unpaired) electrons. The van der Waals surface area contributed by atoms with Crippen molar-refractivity contribution in [2.75, 3.05) is 40.6 Å². The first-order valence-corrected chi connectivity index (χ1v) is 14.3. The molecule has 12 heteroatoms. The van der Waals surface area contributed by atoms with Gasteiger partial charge in [0, 0.05) is 40.7 Å². The second-order valence-electron chi connectivity index (χ2n) is 9.92. The highest BCUT2D eigenvalue weighted by atomic mass is 35.5. The molecule has 11 nitrogen and oxygen atoms in total. The van der Waals surface area contributed by atoms with Gasteiger partial charge >= 0.3 is 11.9 Å². The van der Waals surface area contributed by atoms with Crippen LogP contribution in [0, 0.1) is 0 Å². The van der Waals surface area contributed by atoms with E-state index in [0.717, 1.165) is 10.9 Å². The summed E-state index contributed by atoms with van der Waals surface area (Å²) in [6.45, 7) is 2.46. The molecule has 0 saturated carbocycles. The van der Waals surface area contributed by atoms with Crippen LogP contribution in [-0.4, -0.2) is 63.4 Å². The molecule has 3 aromatic rings. The van der Waals surface area contributed by atoms with E-state index < -0.39 is 17.9 Å². The summed E-state index contributed by atoms with van der Waals surface area (Å²) >= 11 is 6.50. The standard InChI is InChI=1S/C32H34ClN3O8/c1-19-28(31(39)41-2)29(22-7-4-5-8-23(22)33)30(32(40)42-3)25(35-19)18-43-16-14-34-26(37)9-6-15-44-21-11-12-24-20(17-21)10-13-27(38)36-24/h4-5,7-8,10-13,17,29,35H,6,9,14-16,18H2,1-3H3,(H,34,37)(H,36,38). The predicted molar refractivity (Wildman–Crippen MR) is 164 cm³/mol. The van der Waals surface area contributed by atoms with Crippen molar-refractivity contribution >= 4 is 40.3 Å². The number of allylic oxidation sites excluding steroid dienone is 1. The first-order chi connectivity index (χ1) is 21.2. The summed E-state index contributed by atoms with van der Waals surface area (Å²) < 4.78 is 21.6. The lowest BCUT2D eigenvalue weighted by atomic mass is 9.80. The molecule has 44 heavy (non-hydrogen) atoms.